The second kappa shape index (κ2) is 11.3. The molecular weight excluding hydrogens is 330 g/mol. The van der Waals surface area contributed by atoms with Gasteiger partial charge in [0, 0.05) is 12.1 Å². The van der Waals surface area contributed by atoms with Gasteiger partial charge in [-0.1, -0.05) is 0 Å². The lowest BCUT2D eigenvalue weighted by atomic mass is 10.1. The van der Waals surface area contributed by atoms with Gasteiger partial charge in [-0.05, 0) is 43.6 Å². The standard InChI is InChI=1S/C13H26BrNO5/c1-5-17-6-7-18-8-9-19-10-11(14)20-12(16)15-13(2,3)4/h11H,5-10H2,1-4H3,(H,15,16). The minimum atomic E-state index is -0.478. The lowest BCUT2D eigenvalue weighted by molar-refractivity contribution is 0.00322. The normalized spacial score (nSPS) is 13.1. The lowest BCUT2D eigenvalue weighted by Gasteiger charge is -2.21. The van der Waals surface area contributed by atoms with E-state index in [0.717, 1.165) is 0 Å². The first-order valence-electron chi connectivity index (χ1n) is 6.71. The molecule has 1 amide bonds. The fourth-order valence-corrected chi connectivity index (χ4v) is 1.50. The van der Waals surface area contributed by atoms with Crippen molar-refractivity contribution in [2.75, 3.05) is 39.6 Å². The van der Waals surface area contributed by atoms with Gasteiger partial charge in [-0.3, -0.25) is 0 Å². The van der Waals surface area contributed by atoms with Crippen LogP contribution in [-0.4, -0.2) is 56.3 Å². The number of ether oxygens (including phenoxy) is 4. The molecule has 0 spiro atoms. The van der Waals surface area contributed by atoms with Gasteiger partial charge < -0.3 is 24.3 Å². The van der Waals surface area contributed by atoms with Crippen molar-refractivity contribution in [3.05, 3.63) is 0 Å². The van der Waals surface area contributed by atoms with Crippen LogP contribution in [0.5, 0.6) is 0 Å². The molecule has 6 nitrogen and oxygen atoms in total. The predicted octanol–water partition coefficient (Wildman–Crippen LogP) is 2.30. The summed E-state index contributed by atoms with van der Waals surface area (Å²) in [5.74, 6) is 0. The number of halogens is 1. The second-order valence-corrected chi connectivity index (χ2v) is 6.10. The molecule has 0 aromatic heterocycles. The Morgan fingerprint density at radius 1 is 1.10 bits per heavy atom. The van der Waals surface area contributed by atoms with Crippen molar-refractivity contribution in [3.63, 3.8) is 0 Å². The summed E-state index contributed by atoms with van der Waals surface area (Å²) in [7, 11) is 0. The lowest BCUT2D eigenvalue weighted by Crippen LogP contribution is -2.42. The molecule has 0 aliphatic heterocycles. The zero-order valence-corrected chi connectivity index (χ0v) is 14.3. The molecular formula is C13H26BrNO5. The average Bonchev–Trinajstić information content (AvgIpc) is 2.30. The number of amides is 1. The molecule has 0 aromatic carbocycles. The van der Waals surface area contributed by atoms with E-state index in [1.54, 1.807) is 0 Å². The van der Waals surface area contributed by atoms with Crippen LogP contribution in [0.15, 0.2) is 0 Å². The quantitative estimate of drug-likeness (QED) is 0.481. The van der Waals surface area contributed by atoms with Crippen LogP contribution in [-0.2, 0) is 18.9 Å². The Balaban J connectivity index is 3.45. The molecule has 0 heterocycles. The van der Waals surface area contributed by atoms with E-state index in [-0.39, 0.29) is 12.1 Å². The number of alkyl halides is 1. The van der Waals surface area contributed by atoms with E-state index in [4.69, 9.17) is 18.9 Å². The number of carbonyl (C=O) groups is 1. The molecule has 0 aliphatic rings. The molecule has 1 unspecified atom stereocenters. The molecule has 0 bridgehead atoms. The molecule has 20 heavy (non-hydrogen) atoms. The molecule has 1 atom stereocenters. The van der Waals surface area contributed by atoms with Crippen LogP contribution in [0, 0.1) is 0 Å². The largest absolute Gasteiger partial charge is 0.432 e. The minimum Gasteiger partial charge on any atom is -0.432 e. The molecule has 120 valence electrons. The summed E-state index contributed by atoms with van der Waals surface area (Å²) < 4.78 is 20.8. The third kappa shape index (κ3) is 14.0. The molecule has 0 saturated heterocycles. The monoisotopic (exact) mass is 355 g/mol. The number of rotatable bonds is 10. The number of alkyl carbamates (subject to hydrolysis) is 1. The predicted molar refractivity (Wildman–Crippen MR) is 80.2 cm³/mol. The topological polar surface area (TPSA) is 66.0 Å². The number of nitrogens with one attached hydrogen (secondary N) is 1. The van der Waals surface area contributed by atoms with Crippen LogP contribution >= 0.6 is 15.9 Å². The van der Waals surface area contributed by atoms with Crippen molar-refractivity contribution in [2.45, 2.75) is 38.2 Å². The average molecular weight is 356 g/mol. The van der Waals surface area contributed by atoms with E-state index < -0.39 is 11.1 Å². The summed E-state index contributed by atoms with van der Waals surface area (Å²) in [6.45, 7) is 10.6. The van der Waals surface area contributed by atoms with E-state index >= 15 is 0 Å². The first-order valence-corrected chi connectivity index (χ1v) is 7.63. The smallest absolute Gasteiger partial charge is 0.408 e. The maximum Gasteiger partial charge on any atom is 0.408 e. The summed E-state index contributed by atoms with van der Waals surface area (Å²) in [5.41, 5.74) is -0.320. The molecule has 0 saturated carbocycles. The highest BCUT2D eigenvalue weighted by Gasteiger charge is 2.17. The Hall–Kier alpha value is -0.370. The Labute approximate surface area is 129 Å². The SMILES string of the molecule is CCOCCOCCOCC(Br)OC(=O)NC(C)(C)C. The third-order valence-corrected chi connectivity index (χ3v) is 2.36. The van der Waals surface area contributed by atoms with Gasteiger partial charge in [0.25, 0.3) is 0 Å². The van der Waals surface area contributed by atoms with E-state index in [9.17, 15) is 4.79 Å². The van der Waals surface area contributed by atoms with Gasteiger partial charge in [0.1, 0.15) is 0 Å². The van der Waals surface area contributed by atoms with E-state index in [1.807, 2.05) is 27.7 Å². The van der Waals surface area contributed by atoms with Crippen LogP contribution in [0.25, 0.3) is 0 Å². The van der Waals surface area contributed by atoms with Crippen LogP contribution < -0.4 is 5.32 Å². The Morgan fingerprint density at radius 2 is 1.65 bits per heavy atom. The molecule has 0 rings (SSSR count). The van der Waals surface area contributed by atoms with Gasteiger partial charge in [-0.25, -0.2) is 4.79 Å². The van der Waals surface area contributed by atoms with Crippen LogP contribution in [0.2, 0.25) is 0 Å². The van der Waals surface area contributed by atoms with Crippen LogP contribution in [0.1, 0.15) is 27.7 Å². The maximum atomic E-state index is 11.4. The van der Waals surface area contributed by atoms with Gasteiger partial charge in [0.15, 0.2) is 5.01 Å². The number of hydrogen-bond donors (Lipinski definition) is 1. The van der Waals surface area contributed by atoms with Crippen molar-refractivity contribution in [2.24, 2.45) is 0 Å². The summed E-state index contributed by atoms with van der Waals surface area (Å²) in [6, 6.07) is 0. The van der Waals surface area contributed by atoms with Crippen molar-refractivity contribution in [1.82, 2.24) is 5.32 Å². The van der Waals surface area contributed by atoms with Crippen molar-refractivity contribution >= 4 is 22.0 Å². The Bertz CT molecular complexity index is 258. The summed E-state index contributed by atoms with van der Waals surface area (Å²) in [5, 5.41) is 2.22. The van der Waals surface area contributed by atoms with Crippen molar-refractivity contribution in [1.29, 1.82) is 0 Å². The number of hydrogen-bond acceptors (Lipinski definition) is 5. The third-order valence-electron chi connectivity index (χ3n) is 1.91. The highest BCUT2D eigenvalue weighted by molar-refractivity contribution is 9.09. The Morgan fingerprint density at radius 3 is 2.20 bits per heavy atom. The molecule has 0 aromatic rings. The first kappa shape index (κ1) is 19.6. The maximum absolute atomic E-state index is 11.4. The van der Waals surface area contributed by atoms with Gasteiger partial charge in [-0.15, -0.1) is 0 Å². The van der Waals surface area contributed by atoms with Crippen molar-refractivity contribution in [3.8, 4) is 0 Å². The van der Waals surface area contributed by atoms with Gasteiger partial charge in [-0.2, -0.15) is 0 Å². The Kier molecular flexibility index (Phi) is 11.1. The van der Waals surface area contributed by atoms with Gasteiger partial charge in [0.2, 0.25) is 0 Å². The van der Waals surface area contributed by atoms with Crippen LogP contribution in [0.3, 0.4) is 0 Å². The van der Waals surface area contributed by atoms with Gasteiger partial charge in [0.05, 0.1) is 33.0 Å². The minimum absolute atomic E-state index is 0.270. The molecule has 0 fully saturated rings. The van der Waals surface area contributed by atoms with Crippen LogP contribution in [0.4, 0.5) is 4.79 Å². The molecule has 7 heteroatoms. The molecule has 0 radical (unpaired) electrons. The molecule has 1 N–H and O–H groups in total. The highest BCUT2D eigenvalue weighted by atomic mass is 79.9. The first-order chi connectivity index (χ1) is 9.35. The van der Waals surface area contributed by atoms with E-state index in [0.29, 0.717) is 33.0 Å². The van der Waals surface area contributed by atoms with Gasteiger partial charge >= 0.3 is 6.09 Å². The molecule has 0 aliphatic carbocycles. The van der Waals surface area contributed by atoms with Crippen molar-refractivity contribution < 1.29 is 23.7 Å². The number of carbonyl (C=O) groups excluding carboxylic acids is 1. The second-order valence-electron chi connectivity index (χ2n) is 5.07. The fourth-order valence-electron chi connectivity index (χ4n) is 1.14. The fraction of sp³-hybridized carbons (Fsp3) is 0.923. The highest BCUT2D eigenvalue weighted by Crippen LogP contribution is 2.05. The zero-order valence-electron chi connectivity index (χ0n) is 12.7. The van der Waals surface area contributed by atoms with E-state index in [2.05, 4.69) is 21.2 Å². The summed E-state index contributed by atoms with van der Waals surface area (Å²) in [4.78, 5) is 11.4. The zero-order chi connectivity index (χ0) is 15.4. The van der Waals surface area contributed by atoms with E-state index in [1.165, 1.54) is 0 Å². The summed E-state index contributed by atoms with van der Waals surface area (Å²) in [6.07, 6.45) is -0.476. The summed E-state index contributed by atoms with van der Waals surface area (Å²) >= 11 is 3.22.